The SMILES string of the molecule is C/C=C/CC(NC(=O)c1cnn(C)c1C1CC1)C(=O)O. The first-order valence-corrected chi connectivity index (χ1v) is 6.71. The Kier molecular flexibility index (Phi) is 4.22. The average molecular weight is 277 g/mol. The molecule has 1 amide bonds. The number of allylic oxidation sites excluding steroid dienone is 1. The number of nitrogens with one attached hydrogen (secondary N) is 1. The van der Waals surface area contributed by atoms with Crippen molar-refractivity contribution in [1.29, 1.82) is 0 Å². The summed E-state index contributed by atoms with van der Waals surface area (Å²) in [4.78, 5) is 23.4. The number of hydrogen-bond acceptors (Lipinski definition) is 3. The molecule has 0 spiro atoms. The molecule has 1 aromatic heterocycles. The molecule has 0 saturated heterocycles. The fourth-order valence-electron chi connectivity index (χ4n) is 2.19. The van der Waals surface area contributed by atoms with E-state index in [2.05, 4.69) is 10.4 Å². The zero-order valence-electron chi connectivity index (χ0n) is 11.7. The minimum absolute atomic E-state index is 0.274. The largest absolute Gasteiger partial charge is 0.480 e. The zero-order chi connectivity index (χ0) is 14.7. The summed E-state index contributed by atoms with van der Waals surface area (Å²) in [6.07, 6.45) is 7.39. The molecule has 0 bridgehead atoms. The van der Waals surface area contributed by atoms with E-state index in [9.17, 15) is 9.59 Å². The van der Waals surface area contributed by atoms with Crippen LogP contribution in [0.4, 0.5) is 0 Å². The number of aliphatic carboxylic acids is 1. The molecule has 0 aliphatic heterocycles. The maximum Gasteiger partial charge on any atom is 0.326 e. The predicted octanol–water partition coefficient (Wildman–Crippen LogP) is 1.45. The summed E-state index contributed by atoms with van der Waals surface area (Å²) in [5, 5.41) is 15.8. The van der Waals surface area contributed by atoms with Crippen LogP contribution in [-0.2, 0) is 11.8 Å². The number of hydrogen-bond donors (Lipinski definition) is 2. The highest BCUT2D eigenvalue weighted by atomic mass is 16.4. The Labute approximate surface area is 117 Å². The molecule has 2 N–H and O–H groups in total. The molecule has 108 valence electrons. The molecule has 1 unspecified atom stereocenters. The van der Waals surface area contributed by atoms with Crippen LogP contribution in [0.3, 0.4) is 0 Å². The van der Waals surface area contributed by atoms with Gasteiger partial charge in [0.25, 0.3) is 5.91 Å². The Morgan fingerprint density at radius 3 is 2.85 bits per heavy atom. The molecule has 20 heavy (non-hydrogen) atoms. The van der Waals surface area contributed by atoms with E-state index >= 15 is 0 Å². The number of carbonyl (C=O) groups is 2. The van der Waals surface area contributed by atoms with Gasteiger partial charge in [-0.2, -0.15) is 5.10 Å². The molecule has 0 aromatic carbocycles. The van der Waals surface area contributed by atoms with Crippen LogP contribution < -0.4 is 5.32 Å². The molecular weight excluding hydrogens is 258 g/mol. The van der Waals surface area contributed by atoms with Crippen molar-refractivity contribution in [3.63, 3.8) is 0 Å². The van der Waals surface area contributed by atoms with Gasteiger partial charge in [-0.1, -0.05) is 12.2 Å². The molecule has 6 heteroatoms. The number of nitrogens with zero attached hydrogens (tertiary/aromatic N) is 2. The molecule has 1 atom stereocenters. The molecule has 1 aromatic rings. The smallest absolute Gasteiger partial charge is 0.326 e. The lowest BCUT2D eigenvalue weighted by molar-refractivity contribution is -0.139. The number of amides is 1. The second-order valence-corrected chi connectivity index (χ2v) is 5.01. The monoisotopic (exact) mass is 277 g/mol. The van der Waals surface area contributed by atoms with Crippen molar-refractivity contribution < 1.29 is 14.7 Å². The summed E-state index contributed by atoms with van der Waals surface area (Å²) in [6.45, 7) is 1.81. The Hall–Kier alpha value is -2.11. The Balaban J connectivity index is 2.12. The van der Waals surface area contributed by atoms with E-state index in [1.807, 2.05) is 6.92 Å². The van der Waals surface area contributed by atoms with Gasteiger partial charge in [-0.3, -0.25) is 9.48 Å². The summed E-state index contributed by atoms with van der Waals surface area (Å²) in [7, 11) is 1.80. The Bertz CT molecular complexity index is 544. The zero-order valence-corrected chi connectivity index (χ0v) is 11.7. The number of rotatable bonds is 6. The summed E-state index contributed by atoms with van der Waals surface area (Å²) in [5.41, 5.74) is 1.39. The highest BCUT2D eigenvalue weighted by Gasteiger charge is 2.32. The van der Waals surface area contributed by atoms with Crippen LogP contribution in [0.2, 0.25) is 0 Å². The first kappa shape index (κ1) is 14.3. The van der Waals surface area contributed by atoms with Gasteiger partial charge in [0.1, 0.15) is 6.04 Å². The van der Waals surface area contributed by atoms with E-state index in [1.54, 1.807) is 23.9 Å². The van der Waals surface area contributed by atoms with Gasteiger partial charge in [0, 0.05) is 13.0 Å². The van der Waals surface area contributed by atoms with Crippen molar-refractivity contribution in [3.05, 3.63) is 29.6 Å². The second kappa shape index (κ2) is 5.90. The molecule has 1 aliphatic carbocycles. The van der Waals surface area contributed by atoms with Crippen LogP contribution >= 0.6 is 0 Å². The molecule has 1 heterocycles. The first-order chi connectivity index (χ1) is 9.54. The highest BCUT2D eigenvalue weighted by Crippen LogP contribution is 2.41. The van der Waals surface area contributed by atoms with Gasteiger partial charge in [0.15, 0.2) is 0 Å². The molecule has 1 aliphatic rings. The van der Waals surface area contributed by atoms with Crippen molar-refractivity contribution >= 4 is 11.9 Å². The van der Waals surface area contributed by atoms with E-state index in [1.165, 1.54) is 6.20 Å². The molecule has 6 nitrogen and oxygen atoms in total. The third-order valence-electron chi connectivity index (χ3n) is 3.40. The van der Waals surface area contributed by atoms with Crippen LogP contribution in [0, 0.1) is 0 Å². The molecule has 1 saturated carbocycles. The van der Waals surface area contributed by atoms with Gasteiger partial charge in [-0.25, -0.2) is 4.79 Å². The maximum atomic E-state index is 12.2. The van der Waals surface area contributed by atoms with Crippen molar-refractivity contribution in [1.82, 2.24) is 15.1 Å². The predicted molar refractivity (Wildman–Crippen MR) is 73.5 cm³/mol. The van der Waals surface area contributed by atoms with Gasteiger partial charge in [-0.05, 0) is 26.2 Å². The lowest BCUT2D eigenvalue weighted by Crippen LogP contribution is -2.40. The molecular formula is C14H19N3O3. The summed E-state index contributed by atoms with van der Waals surface area (Å²) >= 11 is 0. The normalized spacial score (nSPS) is 16.3. The third-order valence-corrected chi connectivity index (χ3v) is 3.40. The van der Waals surface area contributed by atoms with Gasteiger partial charge in [0.05, 0.1) is 17.5 Å². The van der Waals surface area contributed by atoms with Gasteiger partial charge >= 0.3 is 5.97 Å². The van der Waals surface area contributed by atoms with Crippen LogP contribution in [0.1, 0.15) is 48.2 Å². The Morgan fingerprint density at radius 2 is 2.30 bits per heavy atom. The maximum absolute atomic E-state index is 12.2. The lowest BCUT2D eigenvalue weighted by Gasteiger charge is -2.13. The number of carboxylic acid groups (broad SMARTS) is 1. The summed E-state index contributed by atoms with van der Waals surface area (Å²) in [6, 6.07) is -0.911. The summed E-state index contributed by atoms with van der Waals surface area (Å²) in [5.74, 6) is -1.02. The molecule has 1 fully saturated rings. The van der Waals surface area contributed by atoms with Crippen molar-refractivity contribution in [3.8, 4) is 0 Å². The first-order valence-electron chi connectivity index (χ1n) is 6.71. The van der Waals surface area contributed by atoms with Gasteiger partial charge in [-0.15, -0.1) is 0 Å². The third kappa shape index (κ3) is 3.07. The van der Waals surface area contributed by atoms with E-state index in [-0.39, 0.29) is 12.3 Å². The van der Waals surface area contributed by atoms with E-state index < -0.39 is 12.0 Å². The fraction of sp³-hybridized carbons (Fsp3) is 0.500. The van der Waals surface area contributed by atoms with E-state index in [4.69, 9.17) is 5.11 Å². The minimum Gasteiger partial charge on any atom is -0.480 e. The second-order valence-electron chi connectivity index (χ2n) is 5.01. The average Bonchev–Trinajstić information content (AvgIpc) is 3.16. The number of carboxylic acids is 1. The summed E-state index contributed by atoms with van der Waals surface area (Å²) < 4.78 is 1.70. The number of aromatic nitrogens is 2. The lowest BCUT2D eigenvalue weighted by atomic mass is 10.1. The molecule has 2 rings (SSSR count). The number of aryl methyl sites for hydroxylation is 1. The quantitative estimate of drug-likeness (QED) is 0.771. The number of carbonyl (C=O) groups excluding carboxylic acids is 1. The Morgan fingerprint density at radius 1 is 1.60 bits per heavy atom. The van der Waals surface area contributed by atoms with Crippen LogP contribution in [-0.4, -0.2) is 32.8 Å². The van der Waals surface area contributed by atoms with Crippen molar-refractivity contribution in [2.45, 2.75) is 38.1 Å². The van der Waals surface area contributed by atoms with Crippen LogP contribution in [0.25, 0.3) is 0 Å². The fourth-order valence-corrected chi connectivity index (χ4v) is 2.19. The van der Waals surface area contributed by atoms with Gasteiger partial charge in [0.2, 0.25) is 0 Å². The van der Waals surface area contributed by atoms with E-state index in [0.717, 1.165) is 18.5 Å². The molecule has 0 radical (unpaired) electrons. The van der Waals surface area contributed by atoms with E-state index in [0.29, 0.717) is 11.5 Å². The van der Waals surface area contributed by atoms with Crippen LogP contribution in [0.15, 0.2) is 18.3 Å². The topological polar surface area (TPSA) is 84.2 Å². The van der Waals surface area contributed by atoms with Crippen LogP contribution in [0.5, 0.6) is 0 Å². The van der Waals surface area contributed by atoms with Crippen molar-refractivity contribution in [2.24, 2.45) is 7.05 Å². The van der Waals surface area contributed by atoms with Gasteiger partial charge < -0.3 is 10.4 Å². The van der Waals surface area contributed by atoms with Crippen molar-refractivity contribution in [2.75, 3.05) is 0 Å². The highest BCUT2D eigenvalue weighted by molar-refractivity contribution is 5.97. The standard InChI is InChI=1S/C14H19N3O3/c1-3-4-5-11(14(19)20)16-13(18)10-8-15-17(2)12(10)9-6-7-9/h3-4,8-9,11H,5-7H2,1-2H3,(H,16,18)(H,19,20)/b4-3+. The minimum atomic E-state index is -1.03.